The number of nitrogens with two attached hydrogens (primary N) is 1. The lowest BCUT2D eigenvalue weighted by Crippen LogP contribution is -2.11. The second kappa shape index (κ2) is 4.52. The molecule has 2 aromatic rings. The van der Waals surface area contributed by atoms with Crippen molar-refractivity contribution in [3.8, 4) is 0 Å². The molecule has 0 saturated carbocycles. The van der Waals surface area contributed by atoms with Gasteiger partial charge in [-0.3, -0.25) is 4.72 Å². The third kappa shape index (κ3) is 2.87. The quantitative estimate of drug-likeness (QED) is 0.848. The highest BCUT2D eigenvalue weighted by Gasteiger charge is 2.16. The Labute approximate surface area is 107 Å². The van der Waals surface area contributed by atoms with E-state index in [-0.39, 0.29) is 9.36 Å². The standard InChI is InChI=1S/C9H8ClN3O2S2/c10-8-4-7(1-2-12-8)13-17(14,15)9-3-6(11)5-16-9/h1-5H,11H2,(H,12,13). The molecule has 2 heterocycles. The molecule has 0 aliphatic heterocycles. The van der Waals surface area contributed by atoms with E-state index in [1.54, 1.807) is 5.38 Å². The number of thiophene rings is 1. The molecule has 0 atom stereocenters. The number of rotatable bonds is 3. The normalized spacial score (nSPS) is 11.4. The Balaban J connectivity index is 2.29. The molecule has 0 radical (unpaired) electrons. The van der Waals surface area contributed by atoms with Crippen molar-refractivity contribution in [1.29, 1.82) is 0 Å². The van der Waals surface area contributed by atoms with Gasteiger partial charge in [0.1, 0.15) is 9.36 Å². The molecule has 0 aromatic carbocycles. The van der Waals surface area contributed by atoms with E-state index in [1.165, 1.54) is 24.4 Å². The van der Waals surface area contributed by atoms with Crippen molar-refractivity contribution in [1.82, 2.24) is 4.98 Å². The van der Waals surface area contributed by atoms with Gasteiger partial charge in [-0.2, -0.15) is 0 Å². The van der Waals surface area contributed by atoms with Crippen LogP contribution in [0.2, 0.25) is 5.15 Å². The molecule has 0 aliphatic rings. The number of nitrogen functional groups attached to an aromatic ring is 1. The molecule has 17 heavy (non-hydrogen) atoms. The van der Waals surface area contributed by atoms with Crippen LogP contribution in [0.5, 0.6) is 0 Å². The van der Waals surface area contributed by atoms with Gasteiger partial charge in [0.2, 0.25) is 0 Å². The molecule has 0 saturated heterocycles. The average molecular weight is 290 g/mol. The Morgan fingerprint density at radius 3 is 2.76 bits per heavy atom. The van der Waals surface area contributed by atoms with E-state index < -0.39 is 10.0 Å². The lowest BCUT2D eigenvalue weighted by atomic mass is 10.4. The highest BCUT2D eigenvalue weighted by Crippen LogP contribution is 2.24. The Morgan fingerprint density at radius 1 is 1.41 bits per heavy atom. The first kappa shape index (κ1) is 12.2. The van der Waals surface area contributed by atoms with E-state index >= 15 is 0 Å². The predicted octanol–water partition coefficient (Wildman–Crippen LogP) is 2.18. The van der Waals surface area contributed by atoms with Gasteiger partial charge >= 0.3 is 0 Å². The van der Waals surface area contributed by atoms with Crippen molar-refractivity contribution in [2.24, 2.45) is 0 Å². The van der Waals surface area contributed by atoms with E-state index in [1.807, 2.05) is 0 Å². The summed E-state index contributed by atoms with van der Waals surface area (Å²) >= 11 is 6.72. The molecule has 90 valence electrons. The first-order valence-corrected chi connectivity index (χ1v) is 7.20. The van der Waals surface area contributed by atoms with Gasteiger partial charge in [-0.15, -0.1) is 11.3 Å². The van der Waals surface area contributed by atoms with Crippen molar-refractivity contribution in [3.63, 3.8) is 0 Å². The van der Waals surface area contributed by atoms with Gasteiger partial charge in [0.15, 0.2) is 0 Å². The number of aromatic nitrogens is 1. The number of nitrogens with one attached hydrogen (secondary N) is 1. The summed E-state index contributed by atoms with van der Waals surface area (Å²) in [5, 5.41) is 1.78. The maximum absolute atomic E-state index is 11.9. The first-order valence-electron chi connectivity index (χ1n) is 4.46. The molecule has 0 unspecified atom stereocenters. The topological polar surface area (TPSA) is 85.1 Å². The Morgan fingerprint density at radius 2 is 2.18 bits per heavy atom. The molecule has 0 bridgehead atoms. The van der Waals surface area contributed by atoms with Crippen LogP contribution in [-0.2, 0) is 10.0 Å². The molecule has 5 nitrogen and oxygen atoms in total. The summed E-state index contributed by atoms with van der Waals surface area (Å²) in [4.78, 5) is 3.76. The third-order valence-electron chi connectivity index (χ3n) is 1.84. The molecular formula is C9H8ClN3O2S2. The Kier molecular flexibility index (Phi) is 3.23. The number of hydrogen-bond donors (Lipinski definition) is 2. The Hall–Kier alpha value is -1.31. The smallest absolute Gasteiger partial charge is 0.271 e. The van der Waals surface area contributed by atoms with Gasteiger partial charge in [-0.05, 0) is 18.2 Å². The van der Waals surface area contributed by atoms with Crippen LogP contribution in [0.1, 0.15) is 0 Å². The van der Waals surface area contributed by atoms with Crippen LogP contribution in [-0.4, -0.2) is 13.4 Å². The van der Waals surface area contributed by atoms with Crippen LogP contribution in [0.15, 0.2) is 34.0 Å². The summed E-state index contributed by atoms with van der Waals surface area (Å²) in [5.74, 6) is 0. The summed E-state index contributed by atoms with van der Waals surface area (Å²) in [6, 6.07) is 4.34. The summed E-state index contributed by atoms with van der Waals surface area (Å²) in [5.41, 5.74) is 6.26. The SMILES string of the molecule is Nc1csc(S(=O)(=O)Nc2ccnc(Cl)c2)c1. The van der Waals surface area contributed by atoms with Gasteiger partial charge in [-0.25, -0.2) is 13.4 Å². The van der Waals surface area contributed by atoms with Crippen LogP contribution < -0.4 is 10.5 Å². The van der Waals surface area contributed by atoms with Crippen molar-refractivity contribution >= 4 is 44.3 Å². The van der Waals surface area contributed by atoms with Crippen LogP contribution in [0.25, 0.3) is 0 Å². The average Bonchev–Trinajstić information content (AvgIpc) is 2.65. The molecule has 8 heteroatoms. The number of nitrogens with zero attached hydrogens (tertiary/aromatic N) is 1. The highest BCUT2D eigenvalue weighted by atomic mass is 35.5. The van der Waals surface area contributed by atoms with Crippen molar-refractivity contribution in [3.05, 3.63) is 34.9 Å². The molecule has 3 N–H and O–H groups in total. The zero-order valence-electron chi connectivity index (χ0n) is 8.42. The third-order valence-corrected chi connectivity index (χ3v) is 4.89. The summed E-state index contributed by atoms with van der Waals surface area (Å²) < 4.78 is 26.4. The minimum Gasteiger partial charge on any atom is -0.398 e. The van der Waals surface area contributed by atoms with Crippen molar-refractivity contribution < 1.29 is 8.42 Å². The molecule has 2 rings (SSSR count). The van der Waals surface area contributed by atoms with Gasteiger partial charge in [0.05, 0.1) is 5.69 Å². The molecular weight excluding hydrogens is 282 g/mol. The largest absolute Gasteiger partial charge is 0.398 e. The minimum absolute atomic E-state index is 0.155. The zero-order valence-corrected chi connectivity index (χ0v) is 10.8. The molecule has 2 aromatic heterocycles. The number of pyridine rings is 1. The van der Waals surface area contributed by atoms with E-state index in [0.717, 1.165) is 11.3 Å². The van der Waals surface area contributed by atoms with E-state index in [9.17, 15) is 8.42 Å². The molecule has 0 spiro atoms. The van der Waals surface area contributed by atoms with Gasteiger partial charge in [0, 0.05) is 17.3 Å². The van der Waals surface area contributed by atoms with E-state index in [0.29, 0.717) is 11.4 Å². The lowest BCUT2D eigenvalue weighted by Gasteiger charge is -2.05. The fourth-order valence-electron chi connectivity index (χ4n) is 1.14. The second-order valence-electron chi connectivity index (χ2n) is 3.17. The lowest BCUT2D eigenvalue weighted by molar-refractivity contribution is 0.603. The number of sulfonamides is 1. The van der Waals surface area contributed by atoms with Crippen molar-refractivity contribution in [2.45, 2.75) is 4.21 Å². The Bertz CT molecular complexity index is 639. The van der Waals surface area contributed by atoms with Crippen LogP contribution in [0, 0.1) is 0 Å². The van der Waals surface area contributed by atoms with Crippen molar-refractivity contribution in [2.75, 3.05) is 10.5 Å². The maximum Gasteiger partial charge on any atom is 0.271 e. The van der Waals surface area contributed by atoms with Gasteiger partial charge < -0.3 is 5.73 Å². The van der Waals surface area contributed by atoms with Crippen LogP contribution in [0.3, 0.4) is 0 Å². The van der Waals surface area contributed by atoms with Gasteiger partial charge in [-0.1, -0.05) is 11.6 Å². The van der Waals surface area contributed by atoms with Crippen LogP contribution in [0.4, 0.5) is 11.4 Å². The molecule has 0 aliphatic carbocycles. The predicted molar refractivity (Wildman–Crippen MR) is 68.8 cm³/mol. The number of halogens is 1. The fourth-order valence-corrected chi connectivity index (χ4v) is 3.45. The zero-order chi connectivity index (χ0) is 12.5. The number of anilines is 2. The summed E-state index contributed by atoms with van der Waals surface area (Å²) in [6.45, 7) is 0. The van der Waals surface area contributed by atoms with Gasteiger partial charge in [0.25, 0.3) is 10.0 Å². The fraction of sp³-hybridized carbons (Fsp3) is 0. The monoisotopic (exact) mass is 289 g/mol. The minimum atomic E-state index is -3.61. The van der Waals surface area contributed by atoms with E-state index in [2.05, 4.69) is 9.71 Å². The summed E-state index contributed by atoms with van der Waals surface area (Å²) in [6.07, 6.45) is 1.42. The number of hydrogen-bond acceptors (Lipinski definition) is 5. The molecule has 0 amide bonds. The summed E-state index contributed by atoms with van der Waals surface area (Å²) in [7, 11) is -3.61. The molecule has 0 fully saturated rings. The van der Waals surface area contributed by atoms with E-state index in [4.69, 9.17) is 17.3 Å². The van der Waals surface area contributed by atoms with Crippen LogP contribution >= 0.6 is 22.9 Å². The first-order chi connectivity index (χ1) is 7.97. The second-order valence-corrected chi connectivity index (χ2v) is 6.38. The maximum atomic E-state index is 11.9. The highest BCUT2D eigenvalue weighted by molar-refractivity contribution is 7.94.